The summed E-state index contributed by atoms with van der Waals surface area (Å²) in [6.07, 6.45) is 2.91. The van der Waals surface area contributed by atoms with Gasteiger partial charge in [-0.2, -0.15) is 0 Å². The molecule has 7 heteroatoms. The first kappa shape index (κ1) is 11.5. The first-order valence-electron chi connectivity index (χ1n) is 5.31. The van der Waals surface area contributed by atoms with Gasteiger partial charge in [-0.15, -0.1) is 0 Å². The van der Waals surface area contributed by atoms with E-state index in [9.17, 15) is 13.2 Å². The highest BCUT2D eigenvalue weighted by Crippen LogP contribution is 2.25. The Morgan fingerprint density at radius 3 is 2.58 bits per heavy atom. The summed E-state index contributed by atoms with van der Waals surface area (Å²) in [6, 6.07) is 2.76. The third kappa shape index (κ3) is 1.70. The highest BCUT2D eigenvalue weighted by molar-refractivity contribution is 5.79. The number of anilines is 1. The van der Waals surface area contributed by atoms with Gasteiger partial charge in [0, 0.05) is 18.3 Å². The second-order valence-corrected chi connectivity index (χ2v) is 3.89. The molecule has 3 aromatic rings. The van der Waals surface area contributed by atoms with Crippen LogP contribution in [0.15, 0.2) is 30.6 Å². The average molecular weight is 264 g/mol. The summed E-state index contributed by atoms with van der Waals surface area (Å²) in [5.74, 6) is -3.38. The number of nitrogen functional groups attached to an aromatic ring is 1. The molecule has 0 spiro atoms. The molecule has 2 heterocycles. The number of hydrogen-bond acceptors (Lipinski definition) is 3. The number of rotatable bonds is 1. The van der Waals surface area contributed by atoms with Crippen molar-refractivity contribution in [3.63, 3.8) is 0 Å². The molecule has 2 aromatic heterocycles. The standard InChI is InChI=1S/C12H7F3N4/c13-6-3-8(15)11(4-7(6)14)19-10-1-2-17-5-9(10)18-12(19)16/h1-5H,(H2,16,18). The lowest BCUT2D eigenvalue weighted by Crippen LogP contribution is -2.04. The van der Waals surface area contributed by atoms with Gasteiger partial charge in [0.1, 0.15) is 11.3 Å². The Morgan fingerprint density at radius 1 is 1.05 bits per heavy atom. The van der Waals surface area contributed by atoms with Crippen LogP contribution in [0.5, 0.6) is 0 Å². The summed E-state index contributed by atoms with van der Waals surface area (Å²) < 4.78 is 41.2. The fourth-order valence-corrected chi connectivity index (χ4v) is 1.89. The van der Waals surface area contributed by atoms with Crippen LogP contribution >= 0.6 is 0 Å². The maximum atomic E-state index is 13.8. The van der Waals surface area contributed by atoms with Crippen LogP contribution in [0.2, 0.25) is 0 Å². The first-order chi connectivity index (χ1) is 9.08. The van der Waals surface area contributed by atoms with Crippen LogP contribution in [0.3, 0.4) is 0 Å². The van der Waals surface area contributed by atoms with Crippen LogP contribution < -0.4 is 5.73 Å². The molecule has 0 unspecified atom stereocenters. The minimum Gasteiger partial charge on any atom is -0.369 e. The molecule has 0 atom stereocenters. The molecule has 0 bridgehead atoms. The van der Waals surface area contributed by atoms with Crippen LogP contribution in [0.4, 0.5) is 19.1 Å². The number of imidazole rings is 1. The average Bonchev–Trinajstić information content (AvgIpc) is 2.70. The molecule has 0 amide bonds. The predicted molar refractivity (Wildman–Crippen MR) is 63.2 cm³/mol. The summed E-state index contributed by atoms with van der Waals surface area (Å²) >= 11 is 0. The molecule has 1 aromatic carbocycles. The molecule has 3 rings (SSSR count). The van der Waals surface area contributed by atoms with E-state index in [1.54, 1.807) is 6.07 Å². The topological polar surface area (TPSA) is 56.7 Å². The number of nitrogens with two attached hydrogens (primary N) is 1. The highest BCUT2D eigenvalue weighted by atomic mass is 19.2. The van der Waals surface area contributed by atoms with Crippen molar-refractivity contribution in [2.24, 2.45) is 0 Å². The number of pyridine rings is 1. The van der Waals surface area contributed by atoms with Crippen LogP contribution in [0, 0.1) is 17.5 Å². The Kier molecular flexibility index (Phi) is 2.41. The van der Waals surface area contributed by atoms with Gasteiger partial charge in [0.15, 0.2) is 11.6 Å². The fourth-order valence-electron chi connectivity index (χ4n) is 1.89. The molecule has 19 heavy (non-hydrogen) atoms. The van der Waals surface area contributed by atoms with E-state index in [1.807, 2.05) is 0 Å². The van der Waals surface area contributed by atoms with E-state index in [4.69, 9.17) is 5.73 Å². The Morgan fingerprint density at radius 2 is 1.79 bits per heavy atom. The Bertz CT molecular complexity index is 782. The fraction of sp³-hybridized carbons (Fsp3) is 0. The summed E-state index contributed by atoms with van der Waals surface area (Å²) in [5.41, 5.74) is 6.37. The van der Waals surface area contributed by atoms with E-state index in [0.717, 1.165) is 6.07 Å². The maximum absolute atomic E-state index is 13.8. The molecule has 2 N–H and O–H groups in total. The Hall–Kier alpha value is -2.57. The van der Waals surface area contributed by atoms with E-state index in [1.165, 1.54) is 17.0 Å². The van der Waals surface area contributed by atoms with E-state index >= 15 is 0 Å². The summed E-state index contributed by atoms with van der Waals surface area (Å²) in [4.78, 5) is 7.83. The SMILES string of the molecule is Nc1nc2cnccc2n1-c1cc(F)c(F)cc1F. The predicted octanol–water partition coefficient (Wildman–Crippen LogP) is 2.42. The number of benzene rings is 1. The number of aromatic nitrogens is 3. The molecule has 0 aliphatic carbocycles. The molecule has 0 aliphatic rings. The van der Waals surface area contributed by atoms with Gasteiger partial charge < -0.3 is 5.73 Å². The third-order valence-corrected chi connectivity index (χ3v) is 2.71. The van der Waals surface area contributed by atoms with Crippen molar-refractivity contribution in [3.8, 4) is 5.69 Å². The number of fused-ring (bicyclic) bond motifs is 1. The summed E-state index contributed by atoms with van der Waals surface area (Å²) in [6.45, 7) is 0. The second kappa shape index (κ2) is 3.98. The van der Waals surface area contributed by atoms with Gasteiger partial charge in [-0.25, -0.2) is 18.2 Å². The molecule has 4 nitrogen and oxygen atoms in total. The van der Waals surface area contributed by atoms with Crippen LogP contribution in [-0.2, 0) is 0 Å². The molecule has 0 saturated heterocycles. The zero-order valence-corrected chi connectivity index (χ0v) is 9.44. The van der Waals surface area contributed by atoms with Crippen LogP contribution in [-0.4, -0.2) is 14.5 Å². The van der Waals surface area contributed by atoms with Crippen molar-refractivity contribution < 1.29 is 13.2 Å². The van der Waals surface area contributed by atoms with E-state index in [-0.39, 0.29) is 11.6 Å². The number of hydrogen-bond donors (Lipinski definition) is 1. The number of halogens is 3. The number of nitrogens with zero attached hydrogens (tertiary/aromatic N) is 3. The van der Waals surface area contributed by atoms with Crippen molar-refractivity contribution in [1.29, 1.82) is 0 Å². The highest BCUT2D eigenvalue weighted by Gasteiger charge is 2.16. The molecule has 0 aliphatic heterocycles. The minimum absolute atomic E-state index is 0.0343. The third-order valence-electron chi connectivity index (χ3n) is 2.71. The largest absolute Gasteiger partial charge is 0.369 e. The van der Waals surface area contributed by atoms with Gasteiger partial charge in [0.05, 0.1) is 17.4 Å². The summed E-state index contributed by atoms with van der Waals surface area (Å²) in [7, 11) is 0. The Labute approximate surface area is 105 Å². The van der Waals surface area contributed by atoms with Gasteiger partial charge in [-0.1, -0.05) is 0 Å². The van der Waals surface area contributed by atoms with E-state index < -0.39 is 17.5 Å². The van der Waals surface area contributed by atoms with Crippen molar-refractivity contribution >= 4 is 17.0 Å². The lowest BCUT2D eigenvalue weighted by atomic mass is 10.2. The smallest absolute Gasteiger partial charge is 0.206 e. The second-order valence-electron chi connectivity index (χ2n) is 3.89. The molecular formula is C12H7F3N4. The minimum atomic E-state index is -1.26. The van der Waals surface area contributed by atoms with Crippen molar-refractivity contribution in [3.05, 3.63) is 48.0 Å². The lowest BCUT2D eigenvalue weighted by molar-refractivity contribution is 0.493. The monoisotopic (exact) mass is 264 g/mol. The zero-order chi connectivity index (χ0) is 13.6. The van der Waals surface area contributed by atoms with E-state index in [0.29, 0.717) is 17.1 Å². The van der Waals surface area contributed by atoms with E-state index in [2.05, 4.69) is 9.97 Å². The molecule has 0 fully saturated rings. The Balaban J connectivity index is 2.36. The van der Waals surface area contributed by atoms with Gasteiger partial charge in [0.2, 0.25) is 5.95 Å². The molecule has 0 radical (unpaired) electrons. The molecular weight excluding hydrogens is 257 g/mol. The zero-order valence-electron chi connectivity index (χ0n) is 9.44. The normalized spacial score (nSPS) is 11.1. The van der Waals surface area contributed by atoms with Gasteiger partial charge in [-0.3, -0.25) is 9.55 Å². The molecule has 96 valence electrons. The lowest BCUT2D eigenvalue weighted by Gasteiger charge is -2.08. The maximum Gasteiger partial charge on any atom is 0.206 e. The van der Waals surface area contributed by atoms with Crippen LogP contribution in [0.25, 0.3) is 16.7 Å². The molecule has 0 saturated carbocycles. The quantitative estimate of drug-likeness (QED) is 0.687. The first-order valence-corrected chi connectivity index (χ1v) is 5.31. The van der Waals surface area contributed by atoms with Gasteiger partial charge >= 0.3 is 0 Å². The van der Waals surface area contributed by atoms with Crippen molar-refractivity contribution in [1.82, 2.24) is 14.5 Å². The van der Waals surface area contributed by atoms with Gasteiger partial charge in [0.25, 0.3) is 0 Å². The van der Waals surface area contributed by atoms with Gasteiger partial charge in [-0.05, 0) is 6.07 Å². The van der Waals surface area contributed by atoms with Crippen molar-refractivity contribution in [2.75, 3.05) is 5.73 Å². The van der Waals surface area contributed by atoms with Crippen molar-refractivity contribution in [2.45, 2.75) is 0 Å². The summed E-state index contributed by atoms with van der Waals surface area (Å²) in [5, 5.41) is 0. The van der Waals surface area contributed by atoms with Crippen LogP contribution in [0.1, 0.15) is 0 Å².